The van der Waals surface area contributed by atoms with Crippen molar-refractivity contribution in [3.63, 3.8) is 0 Å². The van der Waals surface area contributed by atoms with Crippen LogP contribution in [0.1, 0.15) is 0 Å². The van der Waals surface area contributed by atoms with Crippen LogP contribution < -0.4 is 0 Å². The average Bonchev–Trinajstić information content (AvgIpc) is 3.19. The topological polar surface area (TPSA) is 77.3 Å². The van der Waals surface area contributed by atoms with Gasteiger partial charge in [0, 0.05) is 33.4 Å². The van der Waals surface area contributed by atoms with E-state index in [0.29, 0.717) is 45.5 Å². The van der Waals surface area contributed by atoms with Crippen LogP contribution >= 0.6 is 11.6 Å². The van der Waals surface area contributed by atoms with Crippen molar-refractivity contribution in [2.24, 2.45) is 0 Å². The summed E-state index contributed by atoms with van der Waals surface area (Å²) >= 11 is 7.01. The number of rotatable bonds is 7. The van der Waals surface area contributed by atoms with Gasteiger partial charge < -0.3 is 0 Å². The second-order valence-electron chi connectivity index (χ2n) is 11.3. The standard InChI is InChI=1S/C42H27ClN6/c43-35-26-14-25-34(36(35)42-48-39(30-19-9-3-10-20-30)45-40(49-42)31-21-11-4-12-22-31)32-23-13-24-33(27-32)41-46-37(28-15-5-1-6-16-28)44-38(47-41)29-17-7-2-8-18-29/h1-27H. The molecule has 0 aliphatic rings. The fourth-order valence-electron chi connectivity index (χ4n) is 5.68. The van der Waals surface area contributed by atoms with E-state index >= 15 is 0 Å². The Morgan fingerprint density at radius 2 is 0.612 bits per heavy atom. The maximum absolute atomic E-state index is 7.01. The molecule has 0 radical (unpaired) electrons. The predicted octanol–water partition coefficient (Wildman–Crippen LogP) is 10.4. The summed E-state index contributed by atoms with van der Waals surface area (Å²) in [5, 5.41) is 0.532. The number of benzene rings is 6. The number of nitrogens with zero attached hydrogens (tertiary/aromatic N) is 6. The van der Waals surface area contributed by atoms with Crippen LogP contribution in [-0.4, -0.2) is 29.9 Å². The molecule has 0 N–H and O–H groups in total. The molecule has 0 fully saturated rings. The summed E-state index contributed by atoms with van der Waals surface area (Å²) in [7, 11) is 0. The molecule has 0 spiro atoms. The fourth-order valence-corrected chi connectivity index (χ4v) is 5.93. The molecule has 0 aliphatic heterocycles. The Morgan fingerprint density at radius 1 is 0.286 bits per heavy atom. The Balaban J connectivity index is 1.28. The van der Waals surface area contributed by atoms with Crippen LogP contribution in [0, 0.1) is 0 Å². The number of hydrogen-bond acceptors (Lipinski definition) is 6. The molecular formula is C42H27ClN6. The smallest absolute Gasteiger partial charge is 0.166 e. The second kappa shape index (κ2) is 13.4. The van der Waals surface area contributed by atoms with Crippen molar-refractivity contribution in [1.29, 1.82) is 0 Å². The Hall–Kier alpha value is -6.37. The van der Waals surface area contributed by atoms with Crippen LogP contribution in [0.15, 0.2) is 164 Å². The molecule has 232 valence electrons. The largest absolute Gasteiger partial charge is 0.208 e. The molecule has 2 heterocycles. The van der Waals surface area contributed by atoms with Gasteiger partial charge >= 0.3 is 0 Å². The third-order valence-corrected chi connectivity index (χ3v) is 8.38. The molecule has 0 saturated heterocycles. The summed E-state index contributed by atoms with van der Waals surface area (Å²) in [6, 6.07) is 53.7. The normalized spacial score (nSPS) is 11.0. The average molecular weight is 651 g/mol. The Kier molecular flexibility index (Phi) is 8.20. The van der Waals surface area contributed by atoms with Gasteiger partial charge in [-0.1, -0.05) is 163 Å². The third-order valence-electron chi connectivity index (χ3n) is 8.07. The van der Waals surface area contributed by atoms with E-state index < -0.39 is 0 Å². The highest BCUT2D eigenvalue weighted by Gasteiger charge is 2.19. The summed E-state index contributed by atoms with van der Waals surface area (Å²) in [5.41, 5.74) is 6.94. The van der Waals surface area contributed by atoms with Gasteiger partial charge in [0.2, 0.25) is 0 Å². The van der Waals surface area contributed by atoms with Crippen LogP contribution in [-0.2, 0) is 0 Å². The quantitative estimate of drug-likeness (QED) is 0.171. The van der Waals surface area contributed by atoms with Crippen molar-refractivity contribution in [2.75, 3.05) is 0 Å². The predicted molar refractivity (Wildman–Crippen MR) is 196 cm³/mol. The first-order chi connectivity index (χ1) is 24.2. The fraction of sp³-hybridized carbons (Fsp3) is 0. The highest BCUT2D eigenvalue weighted by Crippen LogP contribution is 2.38. The molecule has 0 aliphatic carbocycles. The van der Waals surface area contributed by atoms with Gasteiger partial charge in [0.25, 0.3) is 0 Å². The lowest BCUT2D eigenvalue weighted by atomic mass is 9.97. The first kappa shape index (κ1) is 30.0. The van der Waals surface area contributed by atoms with Gasteiger partial charge in [-0.3, -0.25) is 0 Å². The number of aromatic nitrogens is 6. The van der Waals surface area contributed by atoms with E-state index in [9.17, 15) is 0 Å². The monoisotopic (exact) mass is 650 g/mol. The first-order valence-corrected chi connectivity index (χ1v) is 16.2. The van der Waals surface area contributed by atoms with Crippen LogP contribution in [0.5, 0.6) is 0 Å². The van der Waals surface area contributed by atoms with Crippen LogP contribution in [0.3, 0.4) is 0 Å². The third kappa shape index (κ3) is 6.33. The molecule has 0 atom stereocenters. The molecule has 49 heavy (non-hydrogen) atoms. The van der Waals surface area contributed by atoms with Crippen molar-refractivity contribution < 1.29 is 0 Å². The van der Waals surface area contributed by atoms with Crippen LogP contribution in [0.4, 0.5) is 0 Å². The highest BCUT2D eigenvalue weighted by atomic mass is 35.5. The van der Waals surface area contributed by atoms with Gasteiger partial charge in [-0.2, -0.15) is 0 Å². The van der Waals surface area contributed by atoms with Crippen molar-refractivity contribution >= 4 is 11.6 Å². The van der Waals surface area contributed by atoms with E-state index in [1.165, 1.54) is 0 Å². The van der Waals surface area contributed by atoms with E-state index in [4.69, 9.17) is 41.5 Å². The molecule has 0 bridgehead atoms. The van der Waals surface area contributed by atoms with E-state index in [2.05, 4.69) is 6.07 Å². The molecule has 6 nitrogen and oxygen atoms in total. The zero-order valence-corrected chi connectivity index (χ0v) is 26.9. The Morgan fingerprint density at radius 3 is 1.04 bits per heavy atom. The lowest BCUT2D eigenvalue weighted by Crippen LogP contribution is -2.02. The van der Waals surface area contributed by atoms with Crippen LogP contribution in [0.25, 0.3) is 79.5 Å². The maximum Gasteiger partial charge on any atom is 0.166 e. The summed E-state index contributed by atoms with van der Waals surface area (Å²) < 4.78 is 0. The summed E-state index contributed by atoms with van der Waals surface area (Å²) in [6.45, 7) is 0. The van der Waals surface area contributed by atoms with Gasteiger partial charge in [0.05, 0.1) is 5.02 Å². The van der Waals surface area contributed by atoms with E-state index in [0.717, 1.165) is 38.9 Å². The zero-order valence-electron chi connectivity index (χ0n) is 26.1. The summed E-state index contributed by atoms with van der Waals surface area (Å²) in [4.78, 5) is 29.6. The minimum absolute atomic E-state index is 0.483. The molecule has 6 aromatic carbocycles. The Bertz CT molecular complexity index is 2270. The summed E-state index contributed by atoms with van der Waals surface area (Å²) in [5.74, 6) is 3.38. The molecular weight excluding hydrogens is 624 g/mol. The van der Waals surface area contributed by atoms with Crippen molar-refractivity contribution in [3.05, 3.63) is 169 Å². The van der Waals surface area contributed by atoms with Crippen molar-refractivity contribution in [1.82, 2.24) is 29.9 Å². The molecule has 0 unspecified atom stereocenters. The van der Waals surface area contributed by atoms with Gasteiger partial charge in [-0.05, 0) is 23.3 Å². The molecule has 0 saturated carbocycles. The van der Waals surface area contributed by atoms with Gasteiger partial charge in [0.1, 0.15) is 0 Å². The number of hydrogen-bond donors (Lipinski definition) is 0. The van der Waals surface area contributed by atoms with Crippen LogP contribution in [0.2, 0.25) is 5.02 Å². The first-order valence-electron chi connectivity index (χ1n) is 15.8. The van der Waals surface area contributed by atoms with Crippen molar-refractivity contribution in [2.45, 2.75) is 0 Å². The molecule has 0 amide bonds. The van der Waals surface area contributed by atoms with Gasteiger partial charge in [-0.25, -0.2) is 29.9 Å². The number of halogens is 1. The highest BCUT2D eigenvalue weighted by molar-refractivity contribution is 6.34. The lowest BCUT2D eigenvalue weighted by molar-refractivity contribution is 1.07. The lowest BCUT2D eigenvalue weighted by Gasteiger charge is -2.14. The van der Waals surface area contributed by atoms with E-state index in [1.54, 1.807) is 0 Å². The second-order valence-corrected chi connectivity index (χ2v) is 11.7. The van der Waals surface area contributed by atoms with E-state index in [1.807, 2.05) is 158 Å². The molecule has 8 aromatic rings. The van der Waals surface area contributed by atoms with Gasteiger partial charge in [0.15, 0.2) is 34.9 Å². The minimum Gasteiger partial charge on any atom is -0.208 e. The molecule has 2 aromatic heterocycles. The maximum atomic E-state index is 7.01. The van der Waals surface area contributed by atoms with E-state index in [-0.39, 0.29) is 0 Å². The zero-order chi connectivity index (χ0) is 33.0. The SMILES string of the molecule is Clc1cccc(-c2cccc(-c3nc(-c4ccccc4)nc(-c4ccccc4)n3)c2)c1-c1nc(-c2ccccc2)nc(-c2ccccc2)n1. The van der Waals surface area contributed by atoms with Crippen molar-refractivity contribution in [3.8, 4) is 79.5 Å². The minimum atomic E-state index is 0.483. The summed E-state index contributed by atoms with van der Waals surface area (Å²) in [6.07, 6.45) is 0. The molecule has 8 rings (SSSR count). The van der Waals surface area contributed by atoms with Gasteiger partial charge in [-0.15, -0.1) is 0 Å². The Labute approximate surface area is 288 Å². The molecule has 7 heteroatoms.